The third kappa shape index (κ3) is 3.55. The Kier molecular flexibility index (Phi) is 4.84. The molecule has 4 heteroatoms. The van der Waals surface area contributed by atoms with Gasteiger partial charge in [-0.15, -0.1) is 0 Å². The first-order valence-corrected chi connectivity index (χ1v) is 10.0. The van der Waals surface area contributed by atoms with Crippen LogP contribution in [-0.4, -0.2) is 23.1 Å². The number of pyridine rings is 2. The van der Waals surface area contributed by atoms with Crippen LogP contribution < -0.4 is 10.6 Å². The van der Waals surface area contributed by atoms with Gasteiger partial charge in [-0.2, -0.15) is 0 Å². The van der Waals surface area contributed by atoms with Crippen LogP contribution in [0.4, 0.5) is 11.6 Å². The van der Waals surface area contributed by atoms with E-state index in [4.69, 9.17) is 4.98 Å². The highest BCUT2D eigenvalue weighted by Gasteiger charge is 2.22. The lowest BCUT2D eigenvalue weighted by Crippen LogP contribution is -2.27. The Bertz CT molecular complexity index is 784. The highest BCUT2D eigenvalue weighted by molar-refractivity contribution is 5.49. The summed E-state index contributed by atoms with van der Waals surface area (Å²) in [5.41, 5.74) is 5.42. The van der Waals surface area contributed by atoms with Gasteiger partial charge < -0.3 is 10.6 Å². The molecule has 4 rings (SSSR count). The summed E-state index contributed by atoms with van der Waals surface area (Å²) in [6, 6.07) is 4.72. The van der Waals surface area contributed by atoms with E-state index in [1.807, 2.05) is 12.4 Å². The minimum atomic E-state index is 0.451. The summed E-state index contributed by atoms with van der Waals surface area (Å²) < 4.78 is 0. The molecule has 2 aliphatic heterocycles. The normalized spacial score (nSPS) is 19.9. The number of hydrogen-bond donors (Lipinski definition) is 2. The average Bonchev–Trinajstić information content (AvgIpc) is 2.67. The van der Waals surface area contributed by atoms with E-state index < -0.39 is 0 Å². The van der Waals surface area contributed by atoms with Gasteiger partial charge >= 0.3 is 0 Å². The predicted octanol–water partition coefficient (Wildman–Crippen LogP) is 4.42. The van der Waals surface area contributed by atoms with E-state index in [1.54, 1.807) is 0 Å². The molecule has 0 amide bonds. The molecule has 2 atom stereocenters. The Morgan fingerprint density at radius 2 is 1.85 bits per heavy atom. The Morgan fingerprint density at radius 1 is 1.04 bits per heavy atom. The fourth-order valence-electron chi connectivity index (χ4n) is 4.15. The van der Waals surface area contributed by atoms with Crippen molar-refractivity contribution in [1.82, 2.24) is 9.97 Å². The van der Waals surface area contributed by atoms with Gasteiger partial charge in [0.15, 0.2) is 0 Å². The molecule has 0 saturated carbocycles. The van der Waals surface area contributed by atoms with E-state index >= 15 is 0 Å². The molecule has 2 N–H and O–H groups in total. The van der Waals surface area contributed by atoms with Gasteiger partial charge in [-0.3, -0.25) is 0 Å². The van der Waals surface area contributed by atoms with Crippen LogP contribution in [0.15, 0.2) is 24.5 Å². The van der Waals surface area contributed by atoms with Gasteiger partial charge in [-0.25, -0.2) is 9.97 Å². The Labute approximate surface area is 156 Å². The van der Waals surface area contributed by atoms with Crippen molar-refractivity contribution in [2.75, 3.05) is 23.7 Å². The second kappa shape index (κ2) is 7.26. The van der Waals surface area contributed by atoms with Gasteiger partial charge in [-0.05, 0) is 65.7 Å². The predicted molar refractivity (Wildman–Crippen MR) is 108 cm³/mol. The molecule has 138 valence electrons. The smallest absolute Gasteiger partial charge is 0.129 e. The van der Waals surface area contributed by atoms with Gasteiger partial charge in [0.2, 0.25) is 0 Å². The van der Waals surface area contributed by atoms with Crippen LogP contribution in [-0.2, 0) is 19.3 Å². The van der Waals surface area contributed by atoms with E-state index in [9.17, 15) is 0 Å². The molecule has 2 aromatic rings. The summed E-state index contributed by atoms with van der Waals surface area (Å²) in [6.45, 7) is 9.01. The number of anilines is 2. The third-order valence-corrected chi connectivity index (χ3v) is 5.99. The largest absolute Gasteiger partial charge is 0.370 e. The minimum Gasteiger partial charge on any atom is -0.370 e. The number of rotatable bonds is 4. The summed E-state index contributed by atoms with van der Waals surface area (Å²) in [5.74, 6) is 4.02. The molecule has 0 fully saturated rings. The standard InChI is InChI=1S/C22H30N4/c1-14(2)19-10-18-8-16(11-24-22(18)25-12-19)7-15(3)20-9-17-5-4-6-23-21(17)26-13-20/h8-9,11,13-15,19H,4-7,10,12H2,1-3H3,(H,23,26)(H,24,25)/t15-,19?/m0/s1. The van der Waals surface area contributed by atoms with Crippen molar-refractivity contribution >= 4 is 11.6 Å². The van der Waals surface area contributed by atoms with E-state index in [2.05, 4.69) is 48.5 Å². The number of nitrogens with zero attached hydrogens (tertiary/aromatic N) is 2. The topological polar surface area (TPSA) is 49.8 Å². The molecule has 2 aromatic heterocycles. The lowest BCUT2D eigenvalue weighted by atomic mass is 9.86. The zero-order valence-corrected chi connectivity index (χ0v) is 16.2. The molecule has 4 heterocycles. The zero-order chi connectivity index (χ0) is 18.1. The van der Waals surface area contributed by atoms with Crippen LogP contribution in [0.25, 0.3) is 0 Å². The molecule has 0 radical (unpaired) electrons. The Balaban J connectivity index is 1.50. The second-order valence-electron chi connectivity index (χ2n) is 8.35. The van der Waals surface area contributed by atoms with Gasteiger partial charge in [-0.1, -0.05) is 32.9 Å². The monoisotopic (exact) mass is 350 g/mol. The number of nitrogens with one attached hydrogen (secondary N) is 2. The van der Waals surface area contributed by atoms with E-state index in [0.29, 0.717) is 17.8 Å². The summed E-state index contributed by atoms with van der Waals surface area (Å²) in [4.78, 5) is 9.34. The van der Waals surface area contributed by atoms with Gasteiger partial charge in [0.1, 0.15) is 11.6 Å². The quantitative estimate of drug-likeness (QED) is 0.857. The third-order valence-electron chi connectivity index (χ3n) is 5.99. The maximum atomic E-state index is 4.69. The molecule has 0 aromatic carbocycles. The van der Waals surface area contributed by atoms with Crippen LogP contribution in [0, 0.1) is 11.8 Å². The van der Waals surface area contributed by atoms with Crippen LogP contribution in [0.2, 0.25) is 0 Å². The highest BCUT2D eigenvalue weighted by atomic mass is 15.0. The number of hydrogen-bond acceptors (Lipinski definition) is 4. The number of aromatic nitrogens is 2. The van der Waals surface area contributed by atoms with Crippen molar-refractivity contribution in [3.63, 3.8) is 0 Å². The van der Waals surface area contributed by atoms with Crippen LogP contribution in [0.5, 0.6) is 0 Å². The van der Waals surface area contributed by atoms with Gasteiger partial charge in [0, 0.05) is 25.5 Å². The molecule has 0 saturated heterocycles. The van der Waals surface area contributed by atoms with Crippen molar-refractivity contribution in [3.8, 4) is 0 Å². The average molecular weight is 351 g/mol. The summed E-state index contributed by atoms with van der Waals surface area (Å²) in [5, 5.41) is 6.91. The van der Waals surface area contributed by atoms with Gasteiger partial charge in [0.25, 0.3) is 0 Å². The summed E-state index contributed by atoms with van der Waals surface area (Å²) in [7, 11) is 0. The molecule has 0 bridgehead atoms. The summed E-state index contributed by atoms with van der Waals surface area (Å²) in [6.07, 6.45) is 8.58. The maximum Gasteiger partial charge on any atom is 0.129 e. The molecule has 0 aliphatic carbocycles. The molecule has 26 heavy (non-hydrogen) atoms. The lowest BCUT2D eigenvalue weighted by Gasteiger charge is -2.28. The van der Waals surface area contributed by atoms with Gasteiger partial charge in [0.05, 0.1) is 0 Å². The zero-order valence-electron chi connectivity index (χ0n) is 16.2. The van der Waals surface area contributed by atoms with E-state index in [0.717, 1.165) is 44.0 Å². The molecule has 2 aliphatic rings. The number of fused-ring (bicyclic) bond motifs is 2. The molecule has 1 unspecified atom stereocenters. The summed E-state index contributed by atoms with van der Waals surface area (Å²) >= 11 is 0. The first-order chi connectivity index (χ1) is 12.6. The van der Waals surface area contributed by atoms with E-state index in [-0.39, 0.29) is 0 Å². The fraction of sp³-hybridized carbons (Fsp3) is 0.545. The van der Waals surface area contributed by atoms with Crippen molar-refractivity contribution < 1.29 is 0 Å². The van der Waals surface area contributed by atoms with Crippen LogP contribution >= 0.6 is 0 Å². The first-order valence-electron chi connectivity index (χ1n) is 10.0. The van der Waals surface area contributed by atoms with Crippen molar-refractivity contribution in [3.05, 3.63) is 46.8 Å². The second-order valence-corrected chi connectivity index (χ2v) is 8.35. The Morgan fingerprint density at radius 3 is 2.69 bits per heavy atom. The first kappa shape index (κ1) is 17.3. The van der Waals surface area contributed by atoms with Crippen molar-refractivity contribution in [2.45, 2.75) is 52.4 Å². The molecule has 0 spiro atoms. The van der Waals surface area contributed by atoms with Crippen LogP contribution in [0.3, 0.4) is 0 Å². The molecule has 4 nitrogen and oxygen atoms in total. The minimum absolute atomic E-state index is 0.451. The molecular weight excluding hydrogens is 320 g/mol. The Hall–Kier alpha value is -2.10. The maximum absolute atomic E-state index is 4.69. The van der Waals surface area contributed by atoms with Crippen molar-refractivity contribution in [1.29, 1.82) is 0 Å². The highest BCUT2D eigenvalue weighted by Crippen LogP contribution is 2.30. The fourth-order valence-corrected chi connectivity index (χ4v) is 4.15. The molecular formula is C22H30N4. The van der Waals surface area contributed by atoms with Crippen molar-refractivity contribution in [2.24, 2.45) is 11.8 Å². The van der Waals surface area contributed by atoms with Crippen LogP contribution in [0.1, 0.15) is 55.4 Å². The SMILES string of the molecule is CC(C)C1CNc2ncc(C[C@H](C)c3cnc4c(c3)CCCN4)cc2C1. The number of aryl methyl sites for hydroxylation is 1. The lowest BCUT2D eigenvalue weighted by molar-refractivity contribution is 0.392. The van der Waals surface area contributed by atoms with E-state index in [1.165, 1.54) is 28.7 Å².